The van der Waals surface area contributed by atoms with Crippen LogP contribution >= 0.6 is 0 Å². The first-order valence-corrected chi connectivity index (χ1v) is 10.1. The van der Waals surface area contributed by atoms with E-state index in [4.69, 9.17) is 9.72 Å². The van der Waals surface area contributed by atoms with E-state index in [1.54, 1.807) is 30.8 Å². The van der Waals surface area contributed by atoms with Crippen LogP contribution in [0.2, 0.25) is 0 Å². The Morgan fingerprint density at radius 1 is 1.17 bits per heavy atom. The van der Waals surface area contributed by atoms with Gasteiger partial charge in [-0.1, -0.05) is 6.07 Å². The Bertz CT molecular complexity index is 1100. The van der Waals surface area contributed by atoms with Crippen molar-refractivity contribution in [1.82, 2.24) is 14.1 Å². The second-order valence-electron chi connectivity index (χ2n) is 7.90. The van der Waals surface area contributed by atoms with Gasteiger partial charge in [0, 0.05) is 44.5 Å². The summed E-state index contributed by atoms with van der Waals surface area (Å²) in [5, 5.41) is 0. The minimum Gasteiger partial charge on any atom is -0.381 e. The van der Waals surface area contributed by atoms with E-state index >= 15 is 0 Å². The SMILES string of the molecule is Cc1cc(-c2ccc3nc(C4CCOCC4)n(CCC(F)(F)F)c3c2)cn(C)c1=O. The Hall–Kier alpha value is -2.61. The van der Waals surface area contributed by atoms with Gasteiger partial charge in [0.2, 0.25) is 0 Å². The summed E-state index contributed by atoms with van der Waals surface area (Å²) in [7, 11) is 1.69. The molecule has 0 spiro atoms. The average Bonchev–Trinajstić information content (AvgIpc) is 3.08. The zero-order valence-electron chi connectivity index (χ0n) is 17.0. The fraction of sp³-hybridized carbons (Fsp3) is 0.455. The van der Waals surface area contributed by atoms with Gasteiger partial charge < -0.3 is 13.9 Å². The highest BCUT2D eigenvalue weighted by atomic mass is 19.4. The number of pyridine rings is 1. The molecule has 0 aliphatic carbocycles. The van der Waals surface area contributed by atoms with E-state index in [9.17, 15) is 18.0 Å². The van der Waals surface area contributed by atoms with Crippen molar-refractivity contribution in [2.45, 2.75) is 44.8 Å². The van der Waals surface area contributed by atoms with Crippen LogP contribution in [0.3, 0.4) is 0 Å². The molecule has 0 bridgehead atoms. The molecule has 0 radical (unpaired) electrons. The number of ether oxygens (including phenoxy) is 1. The number of fused-ring (bicyclic) bond motifs is 1. The van der Waals surface area contributed by atoms with E-state index < -0.39 is 12.6 Å². The molecule has 1 fully saturated rings. The summed E-state index contributed by atoms with van der Waals surface area (Å²) in [4.78, 5) is 16.7. The molecule has 1 aliphatic rings. The third-order valence-electron chi connectivity index (χ3n) is 5.68. The summed E-state index contributed by atoms with van der Waals surface area (Å²) >= 11 is 0. The lowest BCUT2D eigenvalue weighted by Crippen LogP contribution is -2.20. The summed E-state index contributed by atoms with van der Waals surface area (Å²) < 4.78 is 47.7. The maximum Gasteiger partial charge on any atom is 0.390 e. The fourth-order valence-electron chi connectivity index (χ4n) is 4.10. The average molecular weight is 419 g/mol. The standard InChI is InChI=1S/C22H24F3N3O2/c1-14-11-17(13-27(2)21(14)29)16-3-4-18-19(12-16)28(8-7-22(23,24)25)20(26-18)15-5-9-30-10-6-15/h3-4,11-13,15H,5-10H2,1-2H3. The highest BCUT2D eigenvalue weighted by Gasteiger charge is 2.29. The summed E-state index contributed by atoms with van der Waals surface area (Å²) in [5.41, 5.74) is 3.59. The van der Waals surface area contributed by atoms with Crippen LogP contribution in [-0.2, 0) is 18.3 Å². The minimum absolute atomic E-state index is 0.0724. The Balaban J connectivity index is 1.82. The predicted octanol–water partition coefficient (Wildman–Crippen LogP) is 4.56. The van der Waals surface area contributed by atoms with Crippen LogP contribution in [-0.4, -0.2) is 33.5 Å². The van der Waals surface area contributed by atoms with Crippen molar-refractivity contribution in [3.05, 3.63) is 52.2 Å². The third-order valence-corrected chi connectivity index (χ3v) is 5.68. The van der Waals surface area contributed by atoms with Crippen molar-refractivity contribution >= 4 is 11.0 Å². The quantitative estimate of drug-likeness (QED) is 0.623. The van der Waals surface area contributed by atoms with Crippen LogP contribution in [0.5, 0.6) is 0 Å². The highest BCUT2D eigenvalue weighted by molar-refractivity contribution is 5.82. The van der Waals surface area contributed by atoms with Crippen molar-refractivity contribution < 1.29 is 17.9 Å². The molecular weight excluding hydrogens is 395 g/mol. The van der Waals surface area contributed by atoms with Crippen LogP contribution < -0.4 is 5.56 Å². The molecule has 0 amide bonds. The molecule has 3 aromatic rings. The van der Waals surface area contributed by atoms with Crippen LogP contribution in [0.25, 0.3) is 22.2 Å². The Labute approximate surface area is 172 Å². The third kappa shape index (κ3) is 4.14. The molecule has 3 heterocycles. The van der Waals surface area contributed by atoms with Gasteiger partial charge in [-0.05, 0) is 49.1 Å². The van der Waals surface area contributed by atoms with Gasteiger partial charge in [0.1, 0.15) is 5.82 Å². The number of benzene rings is 1. The van der Waals surface area contributed by atoms with Crippen molar-refractivity contribution in [3.63, 3.8) is 0 Å². The number of imidazole rings is 1. The topological polar surface area (TPSA) is 49.0 Å². The molecule has 30 heavy (non-hydrogen) atoms. The second-order valence-corrected chi connectivity index (χ2v) is 7.90. The lowest BCUT2D eigenvalue weighted by atomic mass is 9.99. The number of rotatable bonds is 4. The second kappa shape index (κ2) is 7.91. The van der Waals surface area contributed by atoms with Gasteiger partial charge >= 0.3 is 6.18 Å². The number of aromatic nitrogens is 3. The first-order valence-electron chi connectivity index (χ1n) is 10.1. The maximum atomic E-state index is 13.0. The van der Waals surface area contributed by atoms with E-state index in [2.05, 4.69) is 0 Å². The van der Waals surface area contributed by atoms with Gasteiger partial charge in [0.05, 0.1) is 17.5 Å². The molecule has 0 saturated carbocycles. The molecule has 2 aromatic heterocycles. The molecule has 160 valence electrons. The van der Waals surface area contributed by atoms with Crippen LogP contribution in [0.15, 0.2) is 35.3 Å². The van der Waals surface area contributed by atoms with Gasteiger partial charge in [-0.3, -0.25) is 4.79 Å². The summed E-state index contributed by atoms with van der Waals surface area (Å²) in [6.45, 7) is 2.77. The van der Waals surface area contributed by atoms with Gasteiger partial charge in [-0.25, -0.2) is 4.98 Å². The first-order chi connectivity index (χ1) is 14.2. The van der Waals surface area contributed by atoms with E-state index in [1.165, 1.54) is 4.57 Å². The largest absolute Gasteiger partial charge is 0.390 e. The zero-order valence-corrected chi connectivity index (χ0v) is 17.0. The number of alkyl halides is 3. The first kappa shape index (κ1) is 20.7. The van der Waals surface area contributed by atoms with Crippen molar-refractivity contribution in [2.24, 2.45) is 7.05 Å². The van der Waals surface area contributed by atoms with Gasteiger partial charge in [-0.2, -0.15) is 13.2 Å². The van der Waals surface area contributed by atoms with E-state index in [-0.39, 0.29) is 18.0 Å². The molecular formula is C22H24F3N3O2. The monoisotopic (exact) mass is 419 g/mol. The molecule has 0 atom stereocenters. The van der Waals surface area contributed by atoms with Crippen LogP contribution in [0, 0.1) is 6.92 Å². The van der Waals surface area contributed by atoms with E-state index in [0.29, 0.717) is 35.6 Å². The zero-order chi connectivity index (χ0) is 21.5. The molecule has 4 rings (SSSR count). The summed E-state index contributed by atoms with van der Waals surface area (Å²) in [6.07, 6.45) is -1.90. The van der Waals surface area contributed by atoms with Gasteiger partial charge in [-0.15, -0.1) is 0 Å². The molecule has 8 heteroatoms. The van der Waals surface area contributed by atoms with Crippen molar-refractivity contribution in [2.75, 3.05) is 13.2 Å². The Morgan fingerprint density at radius 2 is 1.90 bits per heavy atom. The Morgan fingerprint density at radius 3 is 2.57 bits per heavy atom. The van der Waals surface area contributed by atoms with E-state index in [0.717, 1.165) is 24.0 Å². The maximum absolute atomic E-state index is 13.0. The number of aryl methyl sites for hydroxylation is 3. The molecule has 1 saturated heterocycles. The number of nitrogens with zero attached hydrogens (tertiary/aromatic N) is 3. The molecule has 1 aromatic carbocycles. The summed E-state index contributed by atoms with van der Waals surface area (Å²) in [6, 6.07) is 7.43. The number of hydrogen-bond donors (Lipinski definition) is 0. The van der Waals surface area contributed by atoms with Gasteiger partial charge in [0.15, 0.2) is 0 Å². The predicted molar refractivity (Wildman–Crippen MR) is 109 cm³/mol. The van der Waals surface area contributed by atoms with Crippen molar-refractivity contribution in [1.29, 1.82) is 0 Å². The van der Waals surface area contributed by atoms with Crippen molar-refractivity contribution in [3.8, 4) is 11.1 Å². The summed E-state index contributed by atoms with van der Waals surface area (Å²) in [5.74, 6) is 0.786. The minimum atomic E-state index is -4.24. The highest BCUT2D eigenvalue weighted by Crippen LogP contribution is 2.33. The molecule has 1 aliphatic heterocycles. The van der Waals surface area contributed by atoms with Gasteiger partial charge in [0.25, 0.3) is 5.56 Å². The smallest absolute Gasteiger partial charge is 0.381 e. The van der Waals surface area contributed by atoms with Crippen LogP contribution in [0.1, 0.15) is 36.6 Å². The lowest BCUT2D eigenvalue weighted by Gasteiger charge is -2.23. The van der Waals surface area contributed by atoms with E-state index in [1.807, 2.05) is 18.2 Å². The molecule has 0 unspecified atom stereocenters. The van der Waals surface area contributed by atoms with Crippen LogP contribution in [0.4, 0.5) is 13.2 Å². The normalized spacial score (nSPS) is 15.8. The fourth-order valence-corrected chi connectivity index (χ4v) is 4.10. The number of hydrogen-bond acceptors (Lipinski definition) is 3. The Kier molecular flexibility index (Phi) is 5.44. The lowest BCUT2D eigenvalue weighted by molar-refractivity contribution is -0.136. The molecule has 0 N–H and O–H groups in total. The number of halogens is 3. The molecule has 5 nitrogen and oxygen atoms in total.